The van der Waals surface area contributed by atoms with E-state index in [4.69, 9.17) is 9.47 Å². The summed E-state index contributed by atoms with van der Waals surface area (Å²) in [7, 11) is -3.99. The molecule has 4 aromatic carbocycles. The minimum Gasteiger partial charge on any atom is -0.466 e. The summed E-state index contributed by atoms with van der Waals surface area (Å²) >= 11 is 0. The zero-order valence-corrected chi connectivity index (χ0v) is 23.8. The van der Waals surface area contributed by atoms with Gasteiger partial charge in [0.2, 0.25) is 0 Å². The number of carbonyl (C=O) groups is 2. The van der Waals surface area contributed by atoms with Crippen LogP contribution in [-0.4, -0.2) is 31.5 Å². The SMILES string of the molecule is CC(C)OC(=O)[Si](C(=O)OC(C)C)(c1cccc2c1Cc1ccccc1-2)c1cccc2c1Cc1ccccc1-2. The molecule has 0 N–H and O–H groups in total. The molecular formula is C34H32O4Si. The van der Waals surface area contributed by atoms with Gasteiger partial charge in [0.1, 0.15) is 0 Å². The Morgan fingerprint density at radius 1 is 0.564 bits per heavy atom. The molecule has 0 aromatic heterocycles. The summed E-state index contributed by atoms with van der Waals surface area (Å²) in [4.78, 5) is 29.2. The van der Waals surface area contributed by atoms with E-state index < -0.39 is 19.3 Å². The maximum Gasteiger partial charge on any atom is 0.371 e. The van der Waals surface area contributed by atoms with Crippen molar-refractivity contribution in [3.05, 3.63) is 107 Å². The molecule has 2 aliphatic rings. The monoisotopic (exact) mass is 532 g/mol. The third kappa shape index (κ3) is 3.95. The summed E-state index contributed by atoms with van der Waals surface area (Å²) in [6.45, 7) is 7.34. The van der Waals surface area contributed by atoms with E-state index in [1.54, 1.807) is 0 Å². The van der Waals surface area contributed by atoms with Crippen LogP contribution in [0.25, 0.3) is 22.3 Å². The maximum atomic E-state index is 14.6. The number of rotatable bonds is 6. The van der Waals surface area contributed by atoms with Crippen molar-refractivity contribution in [3.63, 3.8) is 0 Å². The Morgan fingerprint density at radius 2 is 0.949 bits per heavy atom. The highest BCUT2D eigenvalue weighted by Crippen LogP contribution is 2.39. The van der Waals surface area contributed by atoms with Crippen molar-refractivity contribution in [2.75, 3.05) is 0 Å². The number of fused-ring (bicyclic) bond motifs is 6. The van der Waals surface area contributed by atoms with Gasteiger partial charge in [-0.05, 0) is 95.4 Å². The molecule has 4 nitrogen and oxygen atoms in total. The zero-order valence-electron chi connectivity index (χ0n) is 22.8. The van der Waals surface area contributed by atoms with Crippen molar-refractivity contribution in [2.45, 2.75) is 52.7 Å². The Labute approximate surface area is 230 Å². The predicted octanol–water partition coefficient (Wildman–Crippen LogP) is 6.65. The molecule has 196 valence electrons. The molecule has 0 fully saturated rings. The first-order valence-electron chi connectivity index (χ1n) is 13.7. The first kappa shape index (κ1) is 25.3. The van der Waals surface area contributed by atoms with Gasteiger partial charge in [0, 0.05) is 0 Å². The molecule has 6 rings (SSSR count). The molecule has 0 saturated carbocycles. The summed E-state index contributed by atoms with van der Waals surface area (Å²) in [6, 6.07) is 28.7. The highest BCUT2D eigenvalue weighted by atomic mass is 28.3. The van der Waals surface area contributed by atoms with Crippen molar-refractivity contribution >= 4 is 29.6 Å². The van der Waals surface area contributed by atoms with Gasteiger partial charge >= 0.3 is 8.07 Å². The quantitative estimate of drug-likeness (QED) is 0.226. The van der Waals surface area contributed by atoms with Crippen molar-refractivity contribution in [1.29, 1.82) is 0 Å². The van der Waals surface area contributed by atoms with Crippen molar-refractivity contribution in [1.82, 2.24) is 0 Å². The minimum absolute atomic E-state index is 0.376. The van der Waals surface area contributed by atoms with E-state index >= 15 is 0 Å². The fraction of sp³-hybridized carbons (Fsp3) is 0.235. The highest BCUT2D eigenvalue weighted by molar-refractivity contribution is 7.37. The number of hydrogen-bond donors (Lipinski definition) is 0. The second kappa shape index (κ2) is 9.65. The largest absolute Gasteiger partial charge is 0.466 e. The molecule has 0 atom stereocenters. The summed E-state index contributed by atoms with van der Waals surface area (Å²) < 4.78 is 12.0. The number of benzene rings is 4. The normalized spacial score (nSPS) is 13.1. The number of ether oxygens (including phenoxy) is 2. The highest BCUT2D eigenvalue weighted by Gasteiger charge is 2.60. The molecule has 0 amide bonds. The minimum atomic E-state index is -3.99. The molecule has 0 saturated heterocycles. The van der Waals surface area contributed by atoms with E-state index in [9.17, 15) is 9.59 Å². The smallest absolute Gasteiger partial charge is 0.371 e. The lowest BCUT2D eigenvalue weighted by Gasteiger charge is -2.32. The molecule has 0 heterocycles. The van der Waals surface area contributed by atoms with Gasteiger partial charge in [-0.15, -0.1) is 0 Å². The van der Waals surface area contributed by atoms with Gasteiger partial charge < -0.3 is 9.47 Å². The first-order valence-corrected chi connectivity index (χ1v) is 15.7. The Morgan fingerprint density at radius 3 is 1.36 bits per heavy atom. The van der Waals surface area contributed by atoms with Crippen molar-refractivity contribution in [3.8, 4) is 22.3 Å². The van der Waals surface area contributed by atoms with Gasteiger partial charge in [-0.3, -0.25) is 9.59 Å². The van der Waals surface area contributed by atoms with Crippen LogP contribution in [0.15, 0.2) is 84.9 Å². The van der Waals surface area contributed by atoms with Crippen LogP contribution in [0, 0.1) is 0 Å². The fourth-order valence-electron chi connectivity index (χ4n) is 6.29. The Bertz CT molecular complexity index is 1500. The van der Waals surface area contributed by atoms with Gasteiger partial charge in [-0.1, -0.05) is 84.9 Å². The van der Waals surface area contributed by atoms with E-state index in [2.05, 4.69) is 36.4 Å². The van der Waals surface area contributed by atoms with Gasteiger partial charge in [0.25, 0.3) is 11.2 Å². The van der Waals surface area contributed by atoms with Crippen LogP contribution in [-0.2, 0) is 22.3 Å². The van der Waals surface area contributed by atoms with E-state index in [0.29, 0.717) is 12.8 Å². The Kier molecular flexibility index (Phi) is 6.27. The van der Waals surface area contributed by atoms with Gasteiger partial charge in [0.15, 0.2) is 0 Å². The molecule has 0 bridgehead atoms. The zero-order chi connectivity index (χ0) is 27.3. The van der Waals surface area contributed by atoms with Crippen LogP contribution in [0.3, 0.4) is 0 Å². The first-order chi connectivity index (χ1) is 18.8. The van der Waals surface area contributed by atoms with Gasteiger partial charge in [-0.2, -0.15) is 0 Å². The summed E-state index contributed by atoms with van der Waals surface area (Å²) in [5, 5.41) is 1.55. The average molecular weight is 533 g/mol. The standard InChI is InChI=1S/C34H32O4Si/c1-21(2)37-33(35)39(34(36)38-22(3)4,31-17-9-15-27-25-13-7-5-11-23(25)19-29(27)31)32-18-10-16-28-26-14-8-6-12-24(26)20-30(28)32/h5-18,21-22H,19-20H2,1-4H3. The van der Waals surface area contributed by atoms with Crippen LogP contribution >= 0.6 is 0 Å². The van der Waals surface area contributed by atoms with Crippen LogP contribution in [0.1, 0.15) is 49.9 Å². The Hall–Kier alpha value is -3.96. The topological polar surface area (TPSA) is 52.6 Å². The molecule has 0 unspecified atom stereocenters. The van der Waals surface area contributed by atoms with Gasteiger partial charge in [-0.25, -0.2) is 0 Å². The lowest BCUT2D eigenvalue weighted by atomic mass is 10.1. The Balaban J connectivity index is 1.68. The molecular weight excluding hydrogens is 500 g/mol. The van der Waals surface area contributed by atoms with E-state index in [0.717, 1.165) is 43.8 Å². The molecule has 39 heavy (non-hydrogen) atoms. The van der Waals surface area contributed by atoms with E-state index in [-0.39, 0.29) is 12.2 Å². The second-order valence-corrected chi connectivity index (χ2v) is 14.4. The molecule has 0 spiro atoms. The predicted molar refractivity (Wildman–Crippen MR) is 158 cm³/mol. The van der Waals surface area contributed by atoms with Crippen molar-refractivity contribution in [2.24, 2.45) is 0 Å². The molecule has 2 aliphatic carbocycles. The fourth-order valence-corrected chi connectivity index (χ4v) is 10.5. The van der Waals surface area contributed by atoms with Crippen LogP contribution in [0.5, 0.6) is 0 Å². The maximum absolute atomic E-state index is 14.6. The molecule has 5 heteroatoms. The summed E-state index contributed by atoms with van der Waals surface area (Å²) in [5.74, 6) is 0. The van der Waals surface area contributed by atoms with Crippen LogP contribution < -0.4 is 10.4 Å². The third-order valence-corrected chi connectivity index (χ3v) is 11.8. The van der Waals surface area contributed by atoms with Gasteiger partial charge in [0.05, 0.1) is 12.2 Å². The van der Waals surface area contributed by atoms with Crippen molar-refractivity contribution < 1.29 is 19.1 Å². The average Bonchev–Trinajstić information content (AvgIpc) is 3.48. The lowest BCUT2D eigenvalue weighted by molar-refractivity contribution is 0.130. The molecule has 4 aromatic rings. The number of hydrogen-bond acceptors (Lipinski definition) is 4. The summed E-state index contributed by atoms with van der Waals surface area (Å²) in [5.41, 5.74) is 7.98. The number of carbonyl (C=O) groups excluding carboxylic acids is 2. The van der Waals surface area contributed by atoms with Crippen LogP contribution in [0.4, 0.5) is 9.59 Å². The lowest BCUT2D eigenvalue weighted by Crippen LogP contribution is -2.72. The van der Waals surface area contributed by atoms with E-state index in [1.165, 1.54) is 11.1 Å². The summed E-state index contributed by atoms with van der Waals surface area (Å²) in [6.07, 6.45) is 0.573. The third-order valence-electron chi connectivity index (χ3n) is 7.81. The molecule has 0 aliphatic heterocycles. The van der Waals surface area contributed by atoms with Crippen LogP contribution in [0.2, 0.25) is 0 Å². The molecule has 0 radical (unpaired) electrons. The van der Waals surface area contributed by atoms with E-state index in [1.807, 2.05) is 76.2 Å². The second-order valence-electron chi connectivity index (χ2n) is 11.0.